The minimum atomic E-state index is -0.141. The van der Waals surface area contributed by atoms with Crippen molar-refractivity contribution in [2.75, 3.05) is 6.54 Å². The van der Waals surface area contributed by atoms with E-state index in [2.05, 4.69) is 25.2 Å². The highest BCUT2D eigenvalue weighted by molar-refractivity contribution is 7.19. The zero-order valence-corrected chi connectivity index (χ0v) is 13.7. The molecule has 3 heteroatoms. The van der Waals surface area contributed by atoms with Gasteiger partial charge in [-0.3, -0.25) is 0 Å². The molecule has 1 aromatic carbocycles. The number of thiophene rings is 1. The fourth-order valence-corrected chi connectivity index (χ4v) is 4.91. The predicted molar refractivity (Wildman–Crippen MR) is 89.3 cm³/mol. The van der Waals surface area contributed by atoms with E-state index in [9.17, 15) is 4.39 Å². The van der Waals surface area contributed by atoms with E-state index in [0.717, 1.165) is 17.8 Å². The topological polar surface area (TPSA) is 12.0 Å². The molecule has 1 nitrogen and oxygen atoms in total. The standard InChI is InChI=1S/C18H24FNS/c1-3-20-18(13-6-4-5-12(2)9-13)17-11-14-10-15(19)7-8-16(14)21-17/h7-8,10-13,18,20H,3-6,9H2,1-2H3. The number of benzene rings is 1. The number of rotatable bonds is 4. The van der Waals surface area contributed by atoms with Crippen molar-refractivity contribution in [3.63, 3.8) is 0 Å². The molecule has 1 aliphatic rings. The first kappa shape index (κ1) is 15.0. The van der Waals surface area contributed by atoms with Crippen molar-refractivity contribution in [1.29, 1.82) is 0 Å². The molecule has 2 aromatic rings. The van der Waals surface area contributed by atoms with Crippen LogP contribution in [0.5, 0.6) is 0 Å². The lowest BCUT2D eigenvalue weighted by Crippen LogP contribution is -2.30. The van der Waals surface area contributed by atoms with Crippen LogP contribution in [-0.4, -0.2) is 6.54 Å². The molecule has 3 atom stereocenters. The fourth-order valence-electron chi connectivity index (χ4n) is 3.69. The predicted octanol–water partition coefficient (Wildman–Crippen LogP) is 5.52. The normalized spacial score (nSPS) is 24.3. The molecule has 3 unspecified atom stereocenters. The molecule has 21 heavy (non-hydrogen) atoms. The Hall–Kier alpha value is -0.930. The molecular formula is C18H24FNS. The first-order chi connectivity index (χ1) is 10.2. The largest absolute Gasteiger partial charge is 0.309 e. The van der Waals surface area contributed by atoms with Gasteiger partial charge in [0.1, 0.15) is 5.82 Å². The van der Waals surface area contributed by atoms with Crippen LogP contribution >= 0.6 is 11.3 Å². The van der Waals surface area contributed by atoms with Crippen molar-refractivity contribution in [2.24, 2.45) is 11.8 Å². The van der Waals surface area contributed by atoms with E-state index in [1.165, 1.54) is 35.3 Å². The Morgan fingerprint density at radius 1 is 1.33 bits per heavy atom. The van der Waals surface area contributed by atoms with Gasteiger partial charge in [-0.2, -0.15) is 0 Å². The van der Waals surface area contributed by atoms with Crippen LogP contribution in [0, 0.1) is 17.7 Å². The molecule has 0 radical (unpaired) electrons. The van der Waals surface area contributed by atoms with Gasteiger partial charge >= 0.3 is 0 Å². The quantitative estimate of drug-likeness (QED) is 0.784. The number of halogens is 1. The van der Waals surface area contributed by atoms with Crippen molar-refractivity contribution in [1.82, 2.24) is 5.32 Å². The Balaban J connectivity index is 1.90. The zero-order chi connectivity index (χ0) is 14.8. The van der Waals surface area contributed by atoms with Gasteiger partial charge in [0.25, 0.3) is 0 Å². The Morgan fingerprint density at radius 3 is 2.95 bits per heavy atom. The maximum absolute atomic E-state index is 13.4. The lowest BCUT2D eigenvalue weighted by atomic mass is 9.78. The summed E-state index contributed by atoms with van der Waals surface area (Å²) in [6, 6.07) is 7.74. The van der Waals surface area contributed by atoms with E-state index in [1.807, 2.05) is 17.4 Å². The minimum Gasteiger partial charge on any atom is -0.309 e. The van der Waals surface area contributed by atoms with E-state index >= 15 is 0 Å². The second kappa shape index (κ2) is 6.45. The highest BCUT2D eigenvalue weighted by Crippen LogP contribution is 2.40. The molecule has 1 heterocycles. The Kier molecular flexibility index (Phi) is 4.60. The van der Waals surface area contributed by atoms with Crippen molar-refractivity contribution >= 4 is 21.4 Å². The van der Waals surface area contributed by atoms with Crippen molar-refractivity contribution < 1.29 is 4.39 Å². The third-order valence-corrected chi connectivity index (χ3v) is 5.88. The number of hydrogen-bond donors (Lipinski definition) is 1. The molecule has 1 saturated carbocycles. The van der Waals surface area contributed by atoms with Gasteiger partial charge in [-0.05, 0) is 60.9 Å². The first-order valence-corrected chi connectivity index (χ1v) is 8.91. The molecule has 0 amide bonds. The van der Waals surface area contributed by atoms with Crippen LogP contribution in [0.2, 0.25) is 0 Å². The summed E-state index contributed by atoms with van der Waals surface area (Å²) in [6.45, 7) is 5.53. The molecule has 1 N–H and O–H groups in total. The lowest BCUT2D eigenvalue weighted by Gasteiger charge is -2.33. The van der Waals surface area contributed by atoms with Gasteiger partial charge in [-0.15, -0.1) is 11.3 Å². The summed E-state index contributed by atoms with van der Waals surface area (Å²) in [7, 11) is 0. The van der Waals surface area contributed by atoms with Crippen molar-refractivity contribution in [3.8, 4) is 0 Å². The van der Waals surface area contributed by atoms with Crippen molar-refractivity contribution in [2.45, 2.75) is 45.6 Å². The van der Waals surface area contributed by atoms with Crippen LogP contribution in [0.4, 0.5) is 4.39 Å². The second-order valence-corrected chi connectivity index (χ2v) is 7.51. The molecule has 0 spiro atoms. The van der Waals surface area contributed by atoms with Crippen LogP contribution in [0.3, 0.4) is 0 Å². The monoisotopic (exact) mass is 305 g/mol. The van der Waals surface area contributed by atoms with Gasteiger partial charge in [0.15, 0.2) is 0 Å². The summed E-state index contributed by atoms with van der Waals surface area (Å²) >= 11 is 1.82. The summed E-state index contributed by atoms with van der Waals surface area (Å²) < 4.78 is 14.6. The number of fused-ring (bicyclic) bond motifs is 1. The maximum Gasteiger partial charge on any atom is 0.123 e. The minimum absolute atomic E-state index is 0.141. The average molecular weight is 305 g/mol. The van der Waals surface area contributed by atoms with E-state index in [-0.39, 0.29) is 5.82 Å². The summed E-state index contributed by atoms with van der Waals surface area (Å²) in [4.78, 5) is 1.37. The van der Waals surface area contributed by atoms with Gasteiger partial charge < -0.3 is 5.32 Å². The summed E-state index contributed by atoms with van der Waals surface area (Å²) in [5.41, 5.74) is 0. The lowest BCUT2D eigenvalue weighted by molar-refractivity contribution is 0.227. The molecule has 0 saturated heterocycles. The van der Waals surface area contributed by atoms with Gasteiger partial charge in [-0.25, -0.2) is 4.39 Å². The molecule has 0 bridgehead atoms. The van der Waals surface area contributed by atoms with Crippen LogP contribution in [0.1, 0.15) is 50.4 Å². The number of hydrogen-bond acceptors (Lipinski definition) is 2. The summed E-state index contributed by atoms with van der Waals surface area (Å²) in [6.07, 6.45) is 5.32. The van der Waals surface area contributed by atoms with Crippen LogP contribution < -0.4 is 5.32 Å². The van der Waals surface area contributed by atoms with E-state index < -0.39 is 0 Å². The van der Waals surface area contributed by atoms with Crippen LogP contribution in [0.25, 0.3) is 10.1 Å². The van der Waals surface area contributed by atoms with E-state index in [1.54, 1.807) is 12.1 Å². The van der Waals surface area contributed by atoms with Gasteiger partial charge in [0.05, 0.1) is 0 Å². The van der Waals surface area contributed by atoms with Crippen LogP contribution in [-0.2, 0) is 0 Å². The average Bonchev–Trinajstić information content (AvgIpc) is 2.87. The molecule has 1 aliphatic carbocycles. The van der Waals surface area contributed by atoms with Gasteiger partial charge in [0, 0.05) is 15.6 Å². The fraction of sp³-hybridized carbons (Fsp3) is 0.556. The highest BCUT2D eigenvalue weighted by atomic mass is 32.1. The Bertz CT molecular complexity index is 606. The highest BCUT2D eigenvalue weighted by Gasteiger charge is 2.28. The van der Waals surface area contributed by atoms with E-state index in [0.29, 0.717) is 12.0 Å². The summed E-state index contributed by atoms with van der Waals surface area (Å²) in [5, 5.41) is 4.72. The zero-order valence-electron chi connectivity index (χ0n) is 12.9. The smallest absolute Gasteiger partial charge is 0.123 e. The third-order valence-electron chi connectivity index (χ3n) is 4.68. The molecular weight excluding hydrogens is 281 g/mol. The summed E-state index contributed by atoms with van der Waals surface area (Å²) in [5.74, 6) is 1.40. The third kappa shape index (κ3) is 3.29. The van der Waals surface area contributed by atoms with Crippen molar-refractivity contribution in [3.05, 3.63) is 35.0 Å². The number of nitrogens with one attached hydrogen (secondary N) is 1. The first-order valence-electron chi connectivity index (χ1n) is 8.09. The second-order valence-electron chi connectivity index (χ2n) is 6.40. The molecule has 0 aliphatic heterocycles. The molecule has 114 valence electrons. The van der Waals surface area contributed by atoms with Gasteiger partial charge in [-0.1, -0.05) is 26.7 Å². The SMILES string of the molecule is CCNC(c1cc2cc(F)ccc2s1)C1CCCC(C)C1. The van der Waals surface area contributed by atoms with Crippen LogP contribution in [0.15, 0.2) is 24.3 Å². The molecule has 1 fully saturated rings. The van der Waals surface area contributed by atoms with E-state index in [4.69, 9.17) is 0 Å². The Morgan fingerprint density at radius 2 is 2.19 bits per heavy atom. The molecule has 3 rings (SSSR count). The maximum atomic E-state index is 13.4. The Labute approximate surface area is 130 Å². The molecule has 1 aromatic heterocycles. The van der Waals surface area contributed by atoms with Gasteiger partial charge in [0.2, 0.25) is 0 Å².